The van der Waals surface area contributed by atoms with Crippen LogP contribution in [-0.4, -0.2) is 44.9 Å². The van der Waals surface area contributed by atoms with E-state index < -0.39 is 11.8 Å². The van der Waals surface area contributed by atoms with E-state index in [2.05, 4.69) is 10.1 Å². The van der Waals surface area contributed by atoms with Crippen LogP contribution in [0.1, 0.15) is 36.4 Å². The molecular formula is C15H16ClF2N5O2. The number of nitriles is 1. The fraction of sp³-hybridized carbons (Fsp3) is 0.533. The number of anilines is 1. The molecule has 3 N–H and O–H groups in total. The van der Waals surface area contributed by atoms with Crippen LogP contribution >= 0.6 is 11.6 Å². The fourth-order valence-electron chi connectivity index (χ4n) is 2.71. The number of fused-ring (bicyclic) bond motifs is 1. The third-order valence-corrected chi connectivity index (χ3v) is 4.47. The number of aliphatic hydroxyl groups excluding tert-OH is 1. The minimum Gasteiger partial charge on any atom is -0.391 e. The van der Waals surface area contributed by atoms with Crippen molar-refractivity contribution in [2.45, 2.75) is 37.2 Å². The summed E-state index contributed by atoms with van der Waals surface area (Å²) >= 11 is 5.97. The molecule has 4 rings (SSSR count). The molecule has 2 atom stereocenters. The van der Waals surface area contributed by atoms with Gasteiger partial charge in [-0.25, -0.2) is 18.3 Å². The van der Waals surface area contributed by atoms with Gasteiger partial charge in [-0.15, -0.1) is 5.10 Å². The number of ether oxygens (including phenoxy) is 1. The lowest BCUT2D eigenvalue weighted by atomic mass is 10.2. The zero-order valence-corrected chi connectivity index (χ0v) is 13.9. The standard InChI is InChI=1S/C10H6ClF2N5.C5H10O2/c11-7-4(2-14)8(5-1-10(5,12)13)18-6(7)3-16-9(15)17-18;6-5-2-1-3-7-4-5/h3,5H,1H2,(H2,15,17);5-6H,1-4H2. The quantitative estimate of drug-likeness (QED) is 0.794. The zero-order chi connectivity index (χ0) is 18.2. The number of aliphatic hydroxyl groups is 1. The number of aromatic nitrogens is 3. The molecular weight excluding hydrogens is 356 g/mol. The van der Waals surface area contributed by atoms with Crippen LogP contribution in [0.4, 0.5) is 14.7 Å². The number of rotatable bonds is 1. The smallest absolute Gasteiger partial charge is 0.257 e. The van der Waals surface area contributed by atoms with Crippen LogP contribution in [0, 0.1) is 11.3 Å². The molecule has 2 aromatic heterocycles. The summed E-state index contributed by atoms with van der Waals surface area (Å²) in [4.78, 5) is 3.74. The molecule has 2 unspecified atom stereocenters. The second kappa shape index (κ2) is 6.71. The van der Waals surface area contributed by atoms with Gasteiger partial charge < -0.3 is 15.6 Å². The molecule has 2 aliphatic rings. The van der Waals surface area contributed by atoms with Crippen molar-refractivity contribution in [3.63, 3.8) is 0 Å². The highest BCUT2D eigenvalue weighted by atomic mass is 35.5. The van der Waals surface area contributed by atoms with Gasteiger partial charge in [0.25, 0.3) is 5.92 Å². The van der Waals surface area contributed by atoms with Crippen molar-refractivity contribution in [2.24, 2.45) is 0 Å². The molecule has 0 radical (unpaired) electrons. The van der Waals surface area contributed by atoms with Crippen molar-refractivity contribution in [2.75, 3.05) is 18.9 Å². The Bertz CT molecular complexity index is 829. The molecule has 0 aromatic carbocycles. The number of nitrogen functional groups attached to an aromatic ring is 1. The number of alkyl halides is 2. The topological polar surface area (TPSA) is 109 Å². The monoisotopic (exact) mass is 371 g/mol. The predicted octanol–water partition coefficient (Wildman–Crippen LogP) is 2.12. The first-order valence-corrected chi connectivity index (χ1v) is 8.09. The Morgan fingerprint density at radius 1 is 1.52 bits per heavy atom. The lowest BCUT2D eigenvalue weighted by molar-refractivity contribution is -0.00535. The second-order valence-electron chi connectivity index (χ2n) is 5.99. The molecule has 3 heterocycles. The molecule has 1 saturated heterocycles. The minimum atomic E-state index is -2.82. The number of hydrogen-bond donors (Lipinski definition) is 2. The van der Waals surface area contributed by atoms with Crippen LogP contribution in [0.15, 0.2) is 6.20 Å². The van der Waals surface area contributed by atoms with Crippen molar-refractivity contribution in [3.8, 4) is 6.07 Å². The summed E-state index contributed by atoms with van der Waals surface area (Å²) < 4.78 is 32.5. The number of hydrogen-bond acceptors (Lipinski definition) is 6. The van der Waals surface area contributed by atoms with Crippen molar-refractivity contribution < 1.29 is 18.6 Å². The van der Waals surface area contributed by atoms with Crippen molar-refractivity contribution in [1.29, 1.82) is 5.26 Å². The Kier molecular flexibility index (Phi) is 4.77. The van der Waals surface area contributed by atoms with E-state index in [1.165, 1.54) is 10.7 Å². The van der Waals surface area contributed by atoms with Crippen LogP contribution in [0.5, 0.6) is 0 Å². The first-order valence-electron chi connectivity index (χ1n) is 7.71. The summed E-state index contributed by atoms with van der Waals surface area (Å²) in [6.45, 7) is 1.37. The highest BCUT2D eigenvalue weighted by molar-refractivity contribution is 6.35. The molecule has 134 valence electrons. The molecule has 0 amide bonds. The maximum atomic E-state index is 13.2. The van der Waals surface area contributed by atoms with Crippen molar-refractivity contribution >= 4 is 23.1 Å². The first-order chi connectivity index (χ1) is 11.8. The molecule has 10 heteroatoms. The predicted molar refractivity (Wildman–Crippen MR) is 85.5 cm³/mol. The van der Waals surface area contributed by atoms with Crippen LogP contribution < -0.4 is 5.73 Å². The summed E-state index contributed by atoms with van der Waals surface area (Å²) in [6, 6.07) is 1.84. The van der Waals surface area contributed by atoms with Gasteiger partial charge in [0.1, 0.15) is 11.6 Å². The van der Waals surface area contributed by atoms with Gasteiger partial charge in [0.2, 0.25) is 5.95 Å². The van der Waals surface area contributed by atoms with E-state index in [4.69, 9.17) is 32.4 Å². The van der Waals surface area contributed by atoms with Gasteiger partial charge in [-0.2, -0.15) is 5.26 Å². The van der Waals surface area contributed by atoms with Gasteiger partial charge in [-0.1, -0.05) is 11.6 Å². The first kappa shape index (κ1) is 17.8. The minimum absolute atomic E-state index is 0.0127. The second-order valence-corrected chi connectivity index (χ2v) is 6.37. The van der Waals surface area contributed by atoms with E-state index in [0.717, 1.165) is 19.4 Å². The van der Waals surface area contributed by atoms with Crippen LogP contribution in [0.25, 0.3) is 5.52 Å². The van der Waals surface area contributed by atoms with Gasteiger partial charge in [0.15, 0.2) is 0 Å². The third kappa shape index (κ3) is 3.51. The average Bonchev–Trinajstić information content (AvgIpc) is 3.10. The normalized spacial score (nSPS) is 24.3. The van der Waals surface area contributed by atoms with Gasteiger partial charge in [0, 0.05) is 13.0 Å². The Labute approximate surface area is 147 Å². The van der Waals surface area contributed by atoms with Crippen LogP contribution in [-0.2, 0) is 4.74 Å². The largest absolute Gasteiger partial charge is 0.391 e. The highest BCUT2D eigenvalue weighted by Crippen LogP contribution is 2.57. The summed E-state index contributed by atoms with van der Waals surface area (Å²) in [7, 11) is 0. The SMILES string of the molecule is N#Cc1c(Cl)c2cnc(N)nn2c1C1CC1(F)F.OC1CCCOC1. The van der Waals surface area contributed by atoms with E-state index in [9.17, 15) is 8.78 Å². The summed E-state index contributed by atoms with van der Waals surface area (Å²) in [5, 5.41) is 21.8. The molecule has 25 heavy (non-hydrogen) atoms. The lowest BCUT2D eigenvalue weighted by Crippen LogP contribution is -2.21. The number of nitrogens with two attached hydrogens (primary N) is 1. The third-order valence-electron chi connectivity index (χ3n) is 4.08. The van der Waals surface area contributed by atoms with Crippen molar-refractivity contribution in [3.05, 3.63) is 22.5 Å². The van der Waals surface area contributed by atoms with Gasteiger partial charge in [0.05, 0.1) is 41.1 Å². The fourth-order valence-corrected chi connectivity index (χ4v) is 2.97. The Morgan fingerprint density at radius 3 is 2.72 bits per heavy atom. The average molecular weight is 372 g/mol. The summed E-state index contributed by atoms with van der Waals surface area (Å²) in [5.74, 6) is -3.92. The van der Waals surface area contributed by atoms with Gasteiger partial charge in [-0.3, -0.25) is 0 Å². The van der Waals surface area contributed by atoms with E-state index in [1.807, 2.05) is 6.07 Å². The Balaban J connectivity index is 0.000000219. The van der Waals surface area contributed by atoms with E-state index in [1.54, 1.807) is 0 Å². The van der Waals surface area contributed by atoms with Gasteiger partial charge >= 0.3 is 0 Å². The molecule has 1 aliphatic carbocycles. The number of nitrogens with zero attached hydrogens (tertiary/aromatic N) is 4. The molecule has 1 saturated carbocycles. The summed E-state index contributed by atoms with van der Waals surface area (Å²) in [5.41, 5.74) is 5.85. The van der Waals surface area contributed by atoms with Crippen LogP contribution in [0.3, 0.4) is 0 Å². The maximum Gasteiger partial charge on any atom is 0.257 e. The molecule has 1 aliphatic heterocycles. The molecule has 2 aromatic rings. The van der Waals surface area contributed by atoms with Crippen LogP contribution in [0.2, 0.25) is 5.02 Å². The maximum absolute atomic E-state index is 13.2. The molecule has 7 nitrogen and oxygen atoms in total. The Morgan fingerprint density at radius 2 is 2.24 bits per heavy atom. The zero-order valence-electron chi connectivity index (χ0n) is 13.1. The number of halogens is 3. The Hall–Kier alpha value is -2.02. The molecule has 0 bridgehead atoms. The summed E-state index contributed by atoms with van der Waals surface area (Å²) in [6.07, 6.45) is 2.75. The van der Waals surface area contributed by atoms with E-state index >= 15 is 0 Å². The molecule has 2 fully saturated rings. The van der Waals surface area contributed by atoms with Crippen molar-refractivity contribution in [1.82, 2.24) is 14.6 Å². The highest BCUT2D eigenvalue weighted by Gasteiger charge is 2.60. The van der Waals surface area contributed by atoms with E-state index in [-0.39, 0.29) is 34.8 Å². The van der Waals surface area contributed by atoms with Gasteiger partial charge in [-0.05, 0) is 12.8 Å². The lowest BCUT2D eigenvalue weighted by Gasteiger charge is -2.15. The van der Waals surface area contributed by atoms with E-state index in [0.29, 0.717) is 12.1 Å². The molecule has 0 spiro atoms.